The van der Waals surface area contributed by atoms with Gasteiger partial charge in [-0.15, -0.1) is 0 Å². The normalized spacial score (nSPS) is 11.8. The number of rotatable bonds is 15. The molecule has 0 saturated heterocycles. The second-order valence-electron chi connectivity index (χ2n) is 10.6. The minimum atomic E-state index is -0.655. The van der Waals surface area contributed by atoms with Gasteiger partial charge in [-0.2, -0.15) is 0 Å². The fourth-order valence-corrected chi connectivity index (χ4v) is 4.02. The predicted octanol–water partition coefficient (Wildman–Crippen LogP) is 2.57. The third-order valence-electron chi connectivity index (χ3n) is 6.88. The first-order chi connectivity index (χ1) is 18.8. The number of primary amides is 1. The van der Waals surface area contributed by atoms with E-state index in [-0.39, 0.29) is 23.6 Å². The average molecular weight is 555 g/mol. The number of carbonyl (C=O) groups is 3. The van der Waals surface area contributed by atoms with E-state index in [4.69, 9.17) is 10.7 Å². The lowest BCUT2D eigenvalue weighted by Crippen LogP contribution is -2.46. The largest absolute Gasteiger partial charge is 0.364 e. The molecular weight excluding hydrogens is 508 g/mol. The zero-order chi connectivity index (χ0) is 30.0. The van der Waals surface area contributed by atoms with E-state index in [1.807, 2.05) is 62.1 Å². The highest BCUT2D eigenvalue weighted by molar-refractivity contribution is 5.96. The number of aromatic nitrogens is 2. The smallest absolute Gasteiger partial charge is 0.271 e. The number of nitrogens with one attached hydrogen (secondary N) is 2. The molecule has 0 spiro atoms. The standard InChI is InChI=1S/C29H46N8O3/c1-9-23-28(36(7)19(2)3)34-27(25(33-23)26(30)39)32-22-13-10-12-21(18-22)15-16-31-29(40)20(4)37(8)24(38)14-11-17-35(5)6/h10,12-13,18-20H,9,11,14-17H2,1-8H3,(H2,30,39)(H,31,40)(H,32,34)/t20-/m0/s1. The van der Waals surface area contributed by atoms with Crippen LogP contribution in [0.15, 0.2) is 24.3 Å². The van der Waals surface area contributed by atoms with Crippen molar-refractivity contribution >= 4 is 35.0 Å². The maximum absolute atomic E-state index is 12.7. The zero-order valence-corrected chi connectivity index (χ0v) is 25.2. The maximum atomic E-state index is 12.7. The maximum Gasteiger partial charge on any atom is 0.271 e. The molecule has 3 amide bonds. The van der Waals surface area contributed by atoms with Crippen molar-refractivity contribution in [2.75, 3.05) is 51.5 Å². The molecular formula is C29H46N8O3. The zero-order valence-electron chi connectivity index (χ0n) is 25.2. The number of amides is 3. The van der Waals surface area contributed by atoms with E-state index in [0.717, 1.165) is 24.2 Å². The van der Waals surface area contributed by atoms with Crippen molar-refractivity contribution in [1.82, 2.24) is 25.1 Å². The van der Waals surface area contributed by atoms with Gasteiger partial charge in [0.25, 0.3) is 5.91 Å². The Labute approximate surface area is 238 Å². The number of aryl methyl sites for hydroxylation is 1. The monoisotopic (exact) mass is 554 g/mol. The van der Waals surface area contributed by atoms with Gasteiger partial charge in [0, 0.05) is 38.8 Å². The second-order valence-corrected chi connectivity index (χ2v) is 10.6. The van der Waals surface area contributed by atoms with Gasteiger partial charge in [0.2, 0.25) is 11.8 Å². The summed E-state index contributed by atoms with van der Waals surface area (Å²) in [5, 5.41) is 6.14. The summed E-state index contributed by atoms with van der Waals surface area (Å²) in [7, 11) is 7.54. The highest BCUT2D eigenvalue weighted by atomic mass is 16.2. The van der Waals surface area contributed by atoms with Gasteiger partial charge in [-0.1, -0.05) is 19.1 Å². The number of carbonyl (C=O) groups excluding carboxylic acids is 3. The molecule has 220 valence electrons. The molecule has 1 aromatic carbocycles. The van der Waals surface area contributed by atoms with Crippen LogP contribution in [-0.4, -0.2) is 90.9 Å². The van der Waals surface area contributed by atoms with Gasteiger partial charge >= 0.3 is 0 Å². The van der Waals surface area contributed by atoms with Gasteiger partial charge in [0.05, 0.1) is 5.69 Å². The van der Waals surface area contributed by atoms with Crippen LogP contribution in [-0.2, 0) is 22.4 Å². The Kier molecular flexibility index (Phi) is 12.3. The van der Waals surface area contributed by atoms with E-state index in [0.29, 0.717) is 43.1 Å². The van der Waals surface area contributed by atoms with Crippen molar-refractivity contribution in [3.8, 4) is 0 Å². The second kappa shape index (κ2) is 15.2. The van der Waals surface area contributed by atoms with Crippen LogP contribution in [0.25, 0.3) is 0 Å². The van der Waals surface area contributed by atoms with Crippen LogP contribution in [0.1, 0.15) is 62.3 Å². The highest BCUT2D eigenvalue weighted by Gasteiger charge is 2.22. The first kappa shape index (κ1) is 32.5. The van der Waals surface area contributed by atoms with Gasteiger partial charge in [0.15, 0.2) is 17.3 Å². The molecule has 1 heterocycles. The molecule has 0 bridgehead atoms. The van der Waals surface area contributed by atoms with Gasteiger partial charge < -0.3 is 31.1 Å². The fraction of sp³-hybridized carbons (Fsp3) is 0.552. The Balaban J connectivity index is 2.06. The van der Waals surface area contributed by atoms with Crippen LogP contribution in [0, 0.1) is 0 Å². The van der Waals surface area contributed by atoms with Gasteiger partial charge in [-0.3, -0.25) is 14.4 Å². The molecule has 0 radical (unpaired) electrons. The van der Waals surface area contributed by atoms with Crippen LogP contribution < -0.4 is 21.3 Å². The molecule has 11 nitrogen and oxygen atoms in total. The Morgan fingerprint density at radius 3 is 2.35 bits per heavy atom. The summed E-state index contributed by atoms with van der Waals surface area (Å²) in [4.78, 5) is 52.1. The molecule has 2 rings (SSSR count). The van der Waals surface area contributed by atoms with Crippen LogP contribution in [0.2, 0.25) is 0 Å². The van der Waals surface area contributed by atoms with E-state index in [2.05, 4.69) is 29.5 Å². The predicted molar refractivity (Wildman–Crippen MR) is 160 cm³/mol. The lowest BCUT2D eigenvalue weighted by atomic mass is 10.1. The number of hydrogen-bond donors (Lipinski definition) is 3. The van der Waals surface area contributed by atoms with Crippen LogP contribution in [0.4, 0.5) is 17.3 Å². The third-order valence-corrected chi connectivity index (χ3v) is 6.88. The molecule has 0 aliphatic rings. The van der Waals surface area contributed by atoms with E-state index < -0.39 is 11.9 Å². The lowest BCUT2D eigenvalue weighted by Gasteiger charge is -2.25. The molecule has 0 saturated carbocycles. The molecule has 0 unspecified atom stereocenters. The molecule has 0 aliphatic heterocycles. The molecule has 11 heteroatoms. The van der Waals surface area contributed by atoms with Crippen molar-refractivity contribution in [1.29, 1.82) is 0 Å². The summed E-state index contributed by atoms with van der Waals surface area (Å²) < 4.78 is 0. The molecule has 1 aromatic heterocycles. The number of anilines is 3. The first-order valence-electron chi connectivity index (χ1n) is 13.8. The lowest BCUT2D eigenvalue weighted by molar-refractivity contribution is -0.138. The summed E-state index contributed by atoms with van der Waals surface area (Å²) in [6, 6.07) is 7.28. The van der Waals surface area contributed by atoms with Crippen LogP contribution in [0.3, 0.4) is 0 Å². The van der Waals surface area contributed by atoms with E-state index in [1.165, 1.54) is 4.90 Å². The Bertz CT molecular complexity index is 1170. The van der Waals surface area contributed by atoms with Gasteiger partial charge in [-0.05, 0) is 78.4 Å². The van der Waals surface area contributed by atoms with Crippen LogP contribution in [0.5, 0.6) is 0 Å². The molecule has 4 N–H and O–H groups in total. The van der Waals surface area contributed by atoms with Crippen molar-refractivity contribution in [2.45, 2.75) is 65.5 Å². The summed E-state index contributed by atoms with van der Waals surface area (Å²) in [6.07, 6.45) is 2.35. The summed E-state index contributed by atoms with van der Waals surface area (Å²) >= 11 is 0. The molecule has 1 atom stereocenters. The Hall–Kier alpha value is -3.73. The minimum Gasteiger partial charge on any atom is -0.364 e. The number of nitrogens with two attached hydrogens (primary N) is 1. The molecule has 40 heavy (non-hydrogen) atoms. The SMILES string of the molecule is CCc1nc(C(N)=O)c(Nc2cccc(CCNC(=O)[C@H](C)N(C)C(=O)CCCN(C)C)c2)nc1N(C)C(C)C. The molecule has 0 aliphatic carbocycles. The Morgan fingerprint density at radius 2 is 1.75 bits per heavy atom. The average Bonchev–Trinajstić information content (AvgIpc) is 2.91. The molecule has 2 aromatic rings. The van der Waals surface area contributed by atoms with E-state index in [1.54, 1.807) is 14.0 Å². The van der Waals surface area contributed by atoms with Crippen molar-refractivity contribution in [3.05, 3.63) is 41.2 Å². The van der Waals surface area contributed by atoms with Crippen molar-refractivity contribution < 1.29 is 14.4 Å². The van der Waals surface area contributed by atoms with Gasteiger partial charge in [-0.25, -0.2) is 9.97 Å². The third kappa shape index (κ3) is 9.18. The number of likely N-dealkylation sites (N-methyl/N-ethyl adjacent to an activating group) is 1. The fourth-order valence-electron chi connectivity index (χ4n) is 4.02. The summed E-state index contributed by atoms with van der Waals surface area (Å²) in [5.41, 5.74) is 8.13. The quantitative estimate of drug-likeness (QED) is 0.306. The topological polar surface area (TPSA) is 137 Å². The highest BCUT2D eigenvalue weighted by Crippen LogP contribution is 2.25. The number of nitrogens with zero attached hydrogens (tertiary/aromatic N) is 5. The molecule has 0 fully saturated rings. The van der Waals surface area contributed by atoms with Crippen molar-refractivity contribution in [3.63, 3.8) is 0 Å². The Morgan fingerprint density at radius 1 is 1.05 bits per heavy atom. The van der Waals surface area contributed by atoms with Crippen molar-refractivity contribution in [2.24, 2.45) is 5.73 Å². The van der Waals surface area contributed by atoms with Crippen LogP contribution >= 0.6 is 0 Å². The van der Waals surface area contributed by atoms with E-state index in [9.17, 15) is 14.4 Å². The first-order valence-corrected chi connectivity index (χ1v) is 13.8. The number of hydrogen-bond acceptors (Lipinski definition) is 8. The summed E-state index contributed by atoms with van der Waals surface area (Å²) in [6.45, 7) is 9.05. The van der Waals surface area contributed by atoms with E-state index >= 15 is 0 Å². The van der Waals surface area contributed by atoms with Gasteiger partial charge in [0.1, 0.15) is 6.04 Å². The summed E-state index contributed by atoms with van der Waals surface area (Å²) in [5.74, 6) is 0.0924. The number of benzene rings is 1. The minimum absolute atomic E-state index is 0.0450.